The van der Waals surface area contributed by atoms with Crippen LogP contribution in [0.4, 0.5) is 16.5 Å². The third kappa shape index (κ3) is 5.11. The average molecular weight is 420 g/mol. The number of carbonyl (C=O) groups excluding carboxylic acids is 2. The lowest BCUT2D eigenvalue weighted by molar-refractivity contribution is -0.384. The fourth-order valence-corrected chi connectivity index (χ4v) is 3.52. The Morgan fingerprint density at radius 1 is 1.29 bits per heavy atom. The first-order valence-electron chi connectivity index (χ1n) is 7.66. The molecule has 28 heavy (non-hydrogen) atoms. The molecule has 3 rings (SSSR count). The fraction of sp³-hybridized carbons (Fsp3) is 0.133. The molecule has 1 aromatic carbocycles. The molecule has 2 heterocycles. The zero-order valence-electron chi connectivity index (χ0n) is 14.2. The Balaban J connectivity index is 1.51. The topological polar surface area (TPSA) is 153 Å². The van der Waals surface area contributed by atoms with Gasteiger partial charge >= 0.3 is 0 Å². The number of benzene rings is 1. The number of nitro groups is 1. The van der Waals surface area contributed by atoms with Crippen LogP contribution in [-0.2, 0) is 4.79 Å². The summed E-state index contributed by atoms with van der Waals surface area (Å²) < 4.78 is 5.31. The smallest absolute Gasteiger partial charge is 0.279 e. The maximum absolute atomic E-state index is 12.0. The van der Waals surface area contributed by atoms with Crippen LogP contribution in [0.15, 0.2) is 39.2 Å². The van der Waals surface area contributed by atoms with Crippen LogP contribution in [0.5, 0.6) is 0 Å². The van der Waals surface area contributed by atoms with Crippen molar-refractivity contribution in [3.8, 4) is 0 Å². The van der Waals surface area contributed by atoms with Gasteiger partial charge in [0.15, 0.2) is 10.0 Å². The predicted molar refractivity (Wildman–Crippen MR) is 102 cm³/mol. The highest BCUT2D eigenvalue weighted by molar-refractivity contribution is 8.01. The minimum Gasteiger partial charge on any atom is -0.361 e. The number of hydrogen-bond acceptors (Lipinski definition) is 10. The number of nitro benzene ring substituents is 1. The lowest BCUT2D eigenvalue weighted by Gasteiger charge is -2.03. The third-order valence-electron chi connectivity index (χ3n) is 3.15. The monoisotopic (exact) mass is 420 g/mol. The number of rotatable bonds is 7. The van der Waals surface area contributed by atoms with Gasteiger partial charge in [0.25, 0.3) is 11.6 Å². The molecule has 0 aliphatic rings. The molecule has 0 saturated carbocycles. The molecule has 2 N–H and O–H groups in total. The van der Waals surface area contributed by atoms with Gasteiger partial charge in [-0.1, -0.05) is 34.3 Å². The van der Waals surface area contributed by atoms with Gasteiger partial charge in [0.1, 0.15) is 5.76 Å². The minimum absolute atomic E-state index is 0.0216. The molecule has 13 heteroatoms. The lowest BCUT2D eigenvalue weighted by Crippen LogP contribution is -2.14. The SMILES string of the molecule is Cc1cc(C(=O)Nc2nnc(SCC(=O)Nc3cccc([N+](=O)[O-])c3)s2)no1. The van der Waals surface area contributed by atoms with E-state index in [9.17, 15) is 19.7 Å². The molecule has 0 saturated heterocycles. The maximum atomic E-state index is 12.0. The number of aromatic nitrogens is 3. The lowest BCUT2D eigenvalue weighted by atomic mass is 10.3. The Labute approximate surface area is 165 Å². The number of nitrogens with one attached hydrogen (secondary N) is 2. The Morgan fingerprint density at radius 2 is 2.11 bits per heavy atom. The van der Waals surface area contributed by atoms with Crippen molar-refractivity contribution in [1.29, 1.82) is 0 Å². The number of aryl methyl sites for hydroxylation is 1. The van der Waals surface area contributed by atoms with Gasteiger partial charge in [0, 0.05) is 23.9 Å². The summed E-state index contributed by atoms with van der Waals surface area (Å²) in [4.78, 5) is 34.2. The summed E-state index contributed by atoms with van der Waals surface area (Å²) in [6.45, 7) is 1.67. The summed E-state index contributed by atoms with van der Waals surface area (Å²) in [6.07, 6.45) is 0. The number of hydrogen-bond donors (Lipinski definition) is 2. The van der Waals surface area contributed by atoms with Gasteiger partial charge in [0.2, 0.25) is 11.0 Å². The van der Waals surface area contributed by atoms with E-state index in [1.165, 1.54) is 24.3 Å². The average Bonchev–Trinajstić information content (AvgIpc) is 3.29. The first kappa shape index (κ1) is 19.4. The van der Waals surface area contributed by atoms with Gasteiger partial charge in [-0.2, -0.15) is 0 Å². The molecule has 0 aliphatic heterocycles. The van der Waals surface area contributed by atoms with Crippen LogP contribution < -0.4 is 10.6 Å². The second-order valence-electron chi connectivity index (χ2n) is 5.29. The zero-order chi connectivity index (χ0) is 20.1. The second kappa shape index (κ2) is 8.58. The molecule has 0 bridgehead atoms. The summed E-state index contributed by atoms with van der Waals surface area (Å²) in [5.74, 6) is -0.306. The first-order chi connectivity index (χ1) is 13.4. The highest BCUT2D eigenvalue weighted by Gasteiger charge is 2.15. The Kier molecular flexibility index (Phi) is 5.96. The predicted octanol–water partition coefficient (Wildman–Crippen LogP) is 2.73. The van der Waals surface area contributed by atoms with Gasteiger partial charge in [-0.05, 0) is 13.0 Å². The van der Waals surface area contributed by atoms with Crippen molar-refractivity contribution in [2.24, 2.45) is 0 Å². The standard InChI is InChI=1S/C15H12N6O5S2/c1-8-5-11(20-26-8)13(23)17-14-18-19-15(28-14)27-7-12(22)16-9-3-2-4-10(6-9)21(24)25/h2-6H,7H2,1H3,(H,16,22)(H,17,18,23). The van der Waals surface area contributed by atoms with Crippen molar-refractivity contribution in [2.75, 3.05) is 16.4 Å². The summed E-state index contributed by atoms with van der Waals surface area (Å²) in [7, 11) is 0. The van der Waals surface area contributed by atoms with Crippen LogP contribution in [0.3, 0.4) is 0 Å². The maximum Gasteiger partial charge on any atom is 0.279 e. The van der Waals surface area contributed by atoms with Crippen LogP contribution in [0, 0.1) is 17.0 Å². The van der Waals surface area contributed by atoms with E-state index in [0.29, 0.717) is 15.8 Å². The number of non-ortho nitro benzene ring substituents is 1. The molecule has 0 spiro atoms. The van der Waals surface area contributed by atoms with E-state index in [4.69, 9.17) is 4.52 Å². The molecule has 0 aliphatic carbocycles. The minimum atomic E-state index is -0.540. The molecule has 2 amide bonds. The van der Waals surface area contributed by atoms with Crippen molar-refractivity contribution >= 4 is 51.4 Å². The van der Waals surface area contributed by atoms with Gasteiger partial charge in [-0.15, -0.1) is 10.2 Å². The van der Waals surface area contributed by atoms with Crippen LogP contribution in [-0.4, -0.2) is 37.8 Å². The highest BCUT2D eigenvalue weighted by Crippen LogP contribution is 2.26. The van der Waals surface area contributed by atoms with Gasteiger partial charge in [-0.3, -0.25) is 25.0 Å². The van der Waals surface area contributed by atoms with Crippen LogP contribution >= 0.6 is 23.1 Å². The molecular weight excluding hydrogens is 408 g/mol. The molecule has 0 atom stereocenters. The summed E-state index contributed by atoms with van der Waals surface area (Å²) in [6, 6.07) is 7.13. The molecule has 3 aromatic rings. The van der Waals surface area contributed by atoms with Crippen molar-refractivity contribution in [1.82, 2.24) is 15.4 Å². The van der Waals surface area contributed by atoms with Crippen LogP contribution in [0.25, 0.3) is 0 Å². The normalized spacial score (nSPS) is 10.5. The summed E-state index contributed by atoms with van der Waals surface area (Å²) >= 11 is 2.22. The van der Waals surface area contributed by atoms with Gasteiger partial charge in [-0.25, -0.2) is 0 Å². The van der Waals surface area contributed by atoms with Crippen molar-refractivity contribution in [3.05, 3.63) is 51.9 Å². The third-order valence-corrected chi connectivity index (χ3v) is 5.13. The second-order valence-corrected chi connectivity index (χ2v) is 7.49. The van der Waals surface area contributed by atoms with E-state index in [1.807, 2.05) is 0 Å². The molecular formula is C15H12N6O5S2. The molecule has 144 valence electrons. The van der Waals surface area contributed by atoms with Crippen LogP contribution in [0.1, 0.15) is 16.2 Å². The summed E-state index contributed by atoms with van der Waals surface area (Å²) in [5, 5.41) is 27.5. The number of nitrogens with zero attached hydrogens (tertiary/aromatic N) is 4. The van der Waals surface area contributed by atoms with Crippen LogP contribution in [0.2, 0.25) is 0 Å². The molecule has 11 nitrogen and oxygen atoms in total. The Hall–Kier alpha value is -3.32. The van der Waals surface area contributed by atoms with E-state index in [0.717, 1.165) is 23.1 Å². The highest BCUT2D eigenvalue weighted by atomic mass is 32.2. The zero-order valence-corrected chi connectivity index (χ0v) is 15.9. The molecule has 0 unspecified atom stereocenters. The fourth-order valence-electron chi connectivity index (χ4n) is 1.97. The Bertz CT molecular complexity index is 1030. The number of carbonyl (C=O) groups is 2. The molecule has 2 aromatic heterocycles. The number of anilines is 2. The van der Waals surface area contributed by atoms with E-state index in [-0.39, 0.29) is 28.2 Å². The Morgan fingerprint density at radius 3 is 2.82 bits per heavy atom. The van der Waals surface area contributed by atoms with E-state index in [2.05, 4.69) is 26.0 Å². The number of thioether (sulfide) groups is 1. The first-order valence-corrected chi connectivity index (χ1v) is 9.46. The molecule has 0 fully saturated rings. The van der Waals surface area contributed by atoms with Crippen molar-refractivity contribution in [3.63, 3.8) is 0 Å². The molecule has 0 radical (unpaired) electrons. The van der Waals surface area contributed by atoms with Crippen molar-refractivity contribution in [2.45, 2.75) is 11.3 Å². The van der Waals surface area contributed by atoms with E-state index in [1.54, 1.807) is 13.0 Å². The summed E-state index contributed by atoms with van der Waals surface area (Å²) in [5.41, 5.74) is 0.337. The van der Waals surface area contributed by atoms with Crippen molar-refractivity contribution < 1.29 is 19.0 Å². The largest absolute Gasteiger partial charge is 0.361 e. The van der Waals surface area contributed by atoms with Gasteiger partial charge < -0.3 is 9.84 Å². The van der Waals surface area contributed by atoms with Gasteiger partial charge in [0.05, 0.1) is 10.7 Å². The quantitative estimate of drug-likeness (QED) is 0.254. The van der Waals surface area contributed by atoms with E-state index < -0.39 is 10.8 Å². The van der Waals surface area contributed by atoms with E-state index >= 15 is 0 Å². The number of amides is 2.